The summed E-state index contributed by atoms with van der Waals surface area (Å²) in [5.74, 6) is 0.602. The van der Waals surface area contributed by atoms with Gasteiger partial charge in [0.2, 0.25) is 5.79 Å². The first-order valence-electron chi connectivity index (χ1n) is 7.51. The monoisotopic (exact) mass is 329 g/mol. The fourth-order valence-electron chi connectivity index (χ4n) is 2.41. The van der Waals surface area contributed by atoms with Crippen molar-refractivity contribution in [2.24, 2.45) is 0 Å². The number of nitrogens with one attached hydrogen (secondary N) is 1. The van der Waals surface area contributed by atoms with Crippen LogP contribution in [0.3, 0.4) is 0 Å². The van der Waals surface area contributed by atoms with Gasteiger partial charge in [0, 0.05) is 30.0 Å². The summed E-state index contributed by atoms with van der Waals surface area (Å²) in [6.45, 7) is 3.91. The Bertz CT molecular complexity index is 747. The van der Waals surface area contributed by atoms with Crippen molar-refractivity contribution in [3.63, 3.8) is 0 Å². The van der Waals surface area contributed by atoms with Gasteiger partial charge in [-0.2, -0.15) is 0 Å². The van der Waals surface area contributed by atoms with Crippen molar-refractivity contribution in [1.29, 1.82) is 0 Å². The van der Waals surface area contributed by atoms with Gasteiger partial charge in [0.25, 0.3) is 5.91 Å². The van der Waals surface area contributed by atoms with Gasteiger partial charge in [-0.15, -0.1) is 11.8 Å². The van der Waals surface area contributed by atoms with E-state index in [0.717, 1.165) is 11.3 Å². The maximum atomic E-state index is 12.5. The Balaban J connectivity index is 1.80. The van der Waals surface area contributed by atoms with Crippen molar-refractivity contribution < 1.29 is 14.3 Å². The Morgan fingerprint density at radius 3 is 2.65 bits per heavy atom. The summed E-state index contributed by atoms with van der Waals surface area (Å²) in [4.78, 5) is 13.4. The van der Waals surface area contributed by atoms with Gasteiger partial charge < -0.3 is 14.8 Å². The summed E-state index contributed by atoms with van der Waals surface area (Å²) >= 11 is 1.55. The molecule has 1 N–H and O–H groups in total. The van der Waals surface area contributed by atoms with Crippen molar-refractivity contribution in [3.8, 4) is 11.5 Å². The van der Waals surface area contributed by atoms with Crippen molar-refractivity contribution in [1.82, 2.24) is 0 Å². The number of benzene rings is 2. The Kier molecular flexibility index (Phi) is 4.22. The zero-order valence-corrected chi connectivity index (χ0v) is 14.2. The second-order valence-corrected chi connectivity index (χ2v) is 6.36. The SMILES string of the molecule is CC[C@@]1(C)Oc2ccc(NC(=O)c3ccccc3SC)cc2O1. The van der Waals surface area contributed by atoms with Crippen LogP contribution in [0, 0.1) is 0 Å². The molecule has 3 rings (SSSR count). The van der Waals surface area contributed by atoms with Crippen LogP contribution in [0.15, 0.2) is 47.4 Å². The standard InChI is InChI=1S/C18H19NO3S/c1-4-18(2)21-14-10-9-12(11-15(14)22-18)19-17(20)13-7-5-6-8-16(13)23-3/h5-11H,4H2,1-3H3,(H,19,20)/t18-/m0/s1. The lowest BCUT2D eigenvalue weighted by molar-refractivity contribution is -0.0640. The van der Waals surface area contributed by atoms with E-state index in [9.17, 15) is 4.79 Å². The molecule has 2 aromatic rings. The highest BCUT2D eigenvalue weighted by Gasteiger charge is 2.35. The number of hydrogen-bond acceptors (Lipinski definition) is 4. The van der Waals surface area contributed by atoms with E-state index < -0.39 is 5.79 Å². The number of fused-ring (bicyclic) bond motifs is 1. The van der Waals surface area contributed by atoms with Crippen LogP contribution in [0.4, 0.5) is 5.69 Å². The number of amides is 1. The Morgan fingerprint density at radius 2 is 1.91 bits per heavy atom. The van der Waals surface area contributed by atoms with Gasteiger partial charge in [-0.05, 0) is 30.5 Å². The molecule has 5 heteroatoms. The average molecular weight is 329 g/mol. The molecule has 0 bridgehead atoms. The van der Waals surface area contributed by atoms with E-state index in [2.05, 4.69) is 5.32 Å². The topological polar surface area (TPSA) is 47.6 Å². The third kappa shape index (κ3) is 3.15. The van der Waals surface area contributed by atoms with Gasteiger partial charge in [0.1, 0.15) is 0 Å². The van der Waals surface area contributed by atoms with Crippen LogP contribution in [-0.2, 0) is 0 Å². The first-order valence-corrected chi connectivity index (χ1v) is 8.73. The lowest BCUT2D eigenvalue weighted by atomic mass is 10.2. The summed E-state index contributed by atoms with van der Waals surface area (Å²) in [6.07, 6.45) is 2.70. The molecule has 0 fully saturated rings. The summed E-state index contributed by atoms with van der Waals surface area (Å²) in [5, 5.41) is 2.92. The molecular formula is C18H19NO3S. The summed E-state index contributed by atoms with van der Waals surface area (Å²) in [6, 6.07) is 13.0. The summed E-state index contributed by atoms with van der Waals surface area (Å²) in [7, 11) is 0. The van der Waals surface area contributed by atoms with Gasteiger partial charge in [0.15, 0.2) is 11.5 Å². The normalized spacial score (nSPS) is 18.7. The Hall–Kier alpha value is -2.14. The zero-order valence-electron chi connectivity index (χ0n) is 13.4. The molecule has 1 aliphatic rings. The van der Waals surface area contributed by atoms with Crippen molar-refractivity contribution in [2.75, 3.05) is 11.6 Å². The van der Waals surface area contributed by atoms with E-state index in [1.165, 1.54) is 0 Å². The smallest absolute Gasteiger partial charge is 0.256 e. The van der Waals surface area contributed by atoms with Crippen molar-refractivity contribution in [3.05, 3.63) is 48.0 Å². The quantitative estimate of drug-likeness (QED) is 0.836. The third-order valence-electron chi connectivity index (χ3n) is 3.85. The predicted molar refractivity (Wildman–Crippen MR) is 92.6 cm³/mol. The van der Waals surface area contributed by atoms with Crippen molar-refractivity contribution in [2.45, 2.75) is 31.0 Å². The van der Waals surface area contributed by atoms with E-state index in [1.807, 2.05) is 56.5 Å². The lowest BCUT2D eigenvalue weighted by Crippen LogP contribution is -2.33. The fourth-order valence-corrected chi connectivity index (χ4v) is 3.01. The first kappa shape index (κ1) is 15.7. The largest absolute Gasteiger partial charge is 0.449 e. The molecule has 120 valence electrons. The van der Waals surface area contributed by atoms with Gasteiger partial charge in [0.05, 0.1) is 5.56 Å². The maximum absolute atomic E-state index is 12.5. The molecule has 1 aliphatic heterocycles. The fraction of sp³-hybridized carbons (Fsp3) is 0.278. The summed E-state index contributed by atoms with van der Waals surface area (Å²) < 4.78 is 11.6. The molecule has 1 atom stereocenters. The van der Waals surface area contributed by atoms with Crippen LogP contribution in [0.2, 0.25) is 0 Å². The van der Waals surface area contributed by atoms with Crippen LogP contribution in [0.5, 0.6) is 11.5 Å². The van der Waals surface area contributed by atoms with Gasteiger partial charge in [-0.25, -0.2) is 0 Å². The molecule has 1 heterocycles. The second kappa shape index (κ2) is 6.16. The molecule has 0 radical (unpaired) electrons. The lowest BCUT2D eigenvalue weighted by Gasteiger charge is -2.20. The number of ether oxygens (including phenoxy) is 2. The minimum atomic E-state index is -0.629. The molecule has 23 heavy (non-hydrogen) atoms. The van der Waals surface area contributed by atoms with E-state index in [1.54, 1.807) is 17.8 Å². The van der Waals surface area contributed by atoms with Gasteiger partial charge in [-0.1, -0.05) is 19.1 Å². The highest BCUT2D eigenvalue weighted by atomic mass is 32.2. The molecule has 4 nitrogen and oxygen atoms in total. The molecule has 0 spiro atoms. The number of hydrogen-bond donors (Lipinski definition) is 1. The molecule has 0 aliphatic carbocycles. The number of thioether (sulfide) groups is 1. The van der Waals surface area contributed by atoms with E-state index in [0.29, 0.717) is 22.7 Å². The highest BCUT2D eigenvalue weighted by Crippen LogP contribution is 2.42. The molecule has 0 unspecified atom stereocenters. The van der Waals surface area contributed by atoms with E-state index in [-0.39, 0.29) is 5.91 Å². The number of anilines is 1. The van der Waals surface area contributed by atoms with Crippen LogP contribution < -0.4 is 14.8 Å². The van der Waals surface area contributed by atoms with Crippen molar-refractivity contribution >= 4 is 23.4 Å². The third-order valence-corrected chi connectivity index (χ3v) is 4.64. The van der Waals surface area contributed by atoms with Crippen LogP contribution in [-0.4, -0.2) is 18.0 Å². The van der Waals surface area contributed by atoms with Crippen LogP contribution in [0.1, 0.15) is 30.6 Å². The van der Waals surface area contributed by atoms with Crippen LogP contribution in [0.25, 0.3) is 0 Å². The predicted octanol–water partition coefficient (Wildman–Crippen LogP) is 4.56. The Labute approximate surface area is 140 Å². The maximum Gasteiger partial charge on any atom is 0.256 e. The van der Waals surface area contributed by atoms with Gasteiger partial charge >= 0.3 is 0 Å². The average Bonchev–Trinajstić information content (AvgIpc) is 2.91. The minimum absolute atomic E-state index is 0.132. The minimum Gasteiger partial charge on any atom is -0.449 e. The zero-order chi connectivity index (χ0) is 16.4. The number of carbonyl (C=O) groups is 1. The van der Waals surface area contributed by atoms with E-state index >= 15 is 0 Å². The highest BCUT2D eigenvalue weighted by molar-refractivity contribution is 7.98. The van der Waals surface area contributed by atoms with Gasteiger partial charge in [-0.3, -0.25) is 4.79 Å². The number of rotatable bonds is 4. The molecule has 1 amide bonds. The second-order valence-electron chi connectivity index (χ2n) is 5.51. The number of carbonyl (C=O) groups excluding carboxylic acids is 1. The molecule has 0 aromatic heterocycles. The molecule has 0 saturated carbocycles. The van der Waals surface area contributed by atoms with Crippen LogP contribution >= 0.6 is 11.8 Å². The molecule has 0 saturated heterocycles. The first-order chi connectivity index (χ1) is 11.0. The van der Waals surface area contributed by atoms with E-state index in [4.69, 9.17) is 9.47 Å². The molecular weight excluding hydrogens is 310 g/mol. The Morgan fingerprint density at radius 1 is 1.17 bits per heavy atom. The summed E-state index contributed by atoms with van der Waals surface area (Å²) in [5.41, 5.74) is 1.35. The molecule has 2 aromatic carbocycles.